The highest BCUT2D eigenvalue weighted by Crippen LogP contribution is 2.47. The molecule has 3 aromatic heterocycles. The minimum atomic E-state index is -4.21. The van der Waals surface area contributed by atoms with Gasteiger partial charge in [-0.3, -0.25) is 4.57 Å². The molecule has 9 nitrogen and oxygen atoms in total. The van der Waals surface area contributed by atoms with Gasteiger partial charge >= 0.3 is 7.60 Å². The van der Waals surface area contributed by atoms with Crippen LogP contribution in [0.25, 0.3) is 22.6 Å². The first-order valence-corrected chi connectivity index (χ1v) is 8.76. The lowest BCUT2D eigenvalue weighted by Gasteiger charge is -2.21. The van der Waals surface area contributed by atoms with Gasteiger partial charge in [0, 0.05) is 0 Å². The Morgan fingerprint density at radius 1 is 1.38 bits per heavy atom. The van der Waals surface area contributed by atoms with E-state index in [1.54, 1.807) is 0 Å². The maximum absolute atomic E-state index is 12.7. The fraction of sp³-hybridized carbons (Fsp3) is 0.357. The molecule has 1 unspecified atom stereocenters. The van der Waals surface area contributed by atoms with Crippen molar-refractivity contribution in [1.29, 1.82) is 0 Å². The summed E-state index contributed by atoms with van der Waals surface area (Å²) in [5, 5.41) is -0.110. The predicted molar refractivity (Wildman–Crippen MR) is 88.7 cm³/mol. The van der Waals surface area contributed by atoms with E-state index >= 15 is 0 Å². The molecule has 3 aromatic rings. The van der Waals surface area contributed by atoms with E-state index in [0.29, 0.717) is 11.2 Å². The van der Waals surface area contributed by atoms with Gasteiger partial charge in [0.25, 0.3) is 0 Å². The van der Waals surface area contributed by atoms with Crippen LogP contribution < -0.4 is 11.0 Å². The van der Waals surface area contributed by atoms with Gasteiger partial charge in [0.1, 0.15) is 29.1 Å². The van der Waals surface area contributed by atoms with Crippen LogP contribution >= 0.6 is 7.60 Å². The number of fused-ring (bicyclic) bond motifs is 1. The molecular weight excluding hydrogens is 333 g/mol. The molecule has 0 radical (unpaired) electrons. The highest BCUT2D eigenvalue weighted by atomic mass is 31.2. The van der Waals surface area contributed by atoms with Gasteiger partial charge in [-0.05, 0) is 5.41 Å². The van der Waals surface area contributed by atoms with Crippen molar-refractivity contribution in [3.63, 3.8) is 0 Å². The number of nitrogens with zero attached hydrogens (tertiary/aromatic N) is 3. The van der Waals surface area contributed by atoms with Gasteiger partial charge in [0.05, 0.1) is 18.6 Å². The number of nitrogens with two attached hydrogens (primary N) is 1. The first kappa shape index (κ1) is 16.6. The molecule has 0 saturated carbocycles. The normalized spacial score (nSPS) is 14.8. The van der Waals surface area contributed by atoms with Crippen molar-refractivity contribution in [3.05, 3.63) is 18.9 Å². The summed E-state index contributed by atoms with van der Waals surface area (Å²) in [5.74, 6) is 0.0592. The first-order valence-electron chi connectivity index (χ1n) is 7.18. The van der Waals surface area contributed by atoms with E-state index < -0.39 is 7.60 Å². The molecule has 0 saturated heterocycles. The maximum Gasteiger partial charge on any atom is 0.364 e. The van der Waals surface area contributed by atoms with Gasteiger partial charge < -0.3 is 24.6 Å². The highest BCUT2D eigenvalue weighted by molar-refractivity contribution is 7.62. The van der Waals surface area contributed by atoms with E-state index in [9.17, 15) is 9.46 Å². The quantitative estimate of drug-likeness (QED) is 0.607. The van der Waals surface area contributed by atoms with Crippen molar-refractivity contribution < 1.29 is 18.4 Å². The van der Waals surface area contributed by atoms with Crippen molar-refractivity contribution in [2.24, 2.45) is 5.41 Å². The molecule has 0 aromatic carbocycles. The Balaban J connectivity index is 2.10. The molecule has 0 aliphatic heterocycles. The van der Waals surface area contributed by atoms with Crippen molar-refractivity contribution in [2.75, 3.05) is 12.3 Å². The Kier molecular flexibility index (Phi) is 3.95. The summed E-state index contributed by atoms with van der Waals surface area (Å²) in [6.45, 7) is 5.76. The number of H-pyrrole nitrogens is 1. The fourth-order valence-electron chi connectivity index (χ4n) is 2.11. The van der Waals surface area contributed by atoms with E-state index in [0.717, 1.165) is 0 Å². The summed E-state index contributed by atoms with van der Waals surface area (Å²) < 4.78 is 23.4. The average Bonchev–Trinajstić information content (AvgIpc) is 3.10. The van der Waals surface area contributed by atoms with Crippen LogP contribution in [-0.2, 0) is 9.09 Å². The molecule has 3 rings (SSSR count). The van der Waals surface area contributed by atoms with Crippen molar-refractivity contribution >= 4 is 29.8 Å². The highest BCUT2D eigenvalue weighted by Gasteiger charge is 2.35. The fourth-order valence-corrected chi connectivity index (χ4v) is 3.59. The molecule has 0 fully saturated rings. The number of hydrogen-bond acceptors (Lipinski definition) is 7. The van der Waals surface area contributed by atoms with Gasteiger partial charge in [-0.1, -0.05) is 20.8 Å². The topological polar surface area (TPSA) is 140 Å². The second-order valence-electron chi connectivity index (χ2n) is 6.55. The van der Waals surface area contributed by atoms with Crippen LogP contribution in [0.15, 0.2) is 23.3 Å². The third kappa shape index (κ3) is 3.06. The van der Waals surface area contributed by atoms with E-state index in [4.69, 9.17) is 14.7 Å². The molecule has 0 amide bonds. The number of imidazole rings is 1. The van der Waals surface area contributed by atoms with Gasteiger partial charge in [-0.15, -0.1) is 0 Å². The Morgan fingerprint density at radius 3 is 2.83 bits per heavy atom. The van der Waals surface area contributed by atoms with Crippen molar-refractivity contribution in [2.45, 2.75) is 20.8 Å². The number of rotatable bonds is 4. The monoisotopic (exact) mass is 351 g/mol. The van der Waals surface area contributed by atoms with Gasteiger partial charge in [-0.25, -0.2) is 15.0 Å². The van der Waals surface area contributed by atoms with Crippen LogP contribution in [-0.4, -0.2) is 31.4 Å². The Labute approximate surface area is 137 Å². The summed E-state index contributed by atoms with van der Waals surface area (Å²) in [6.07, 6.45) is 3.93. The van der Waals surface area contributed by atoms with Gasteiger partial charge in [0.15, 0.2) is 11.4 Å². The zero-order valence-electron chi connectivity index (χ0n) is 13.5. The smallest absolute Gasteiger partial charge is 0.364 e. The van der Waals surface area contributed by atoms with E-state index in [1.807, 2.05) is 20.8 Å². The molecular formula is C14H18N5O4P. The molecule has 1 atom stereocenters. The molecule has 0 bridgehead atoms. The third-order valence-corrected chi connectivity index (χ3v) is 4.69. The number of aromatic nitrogens is 4. The largest absolute Gasteiger partial charge is 0.459 e. The lowest BCUT2D eigenvalue weighted by atomic mass is 9.99. The predicted octanol–water partition coefficient (Wildman–Crippen LogP) is 2.07. The second-order valence-corrected chi connectivity index (χ2v) is 8.29. The summed E-state index contributed by atoms with van der Waals surface area (Å²) >= 11 is 0. The summed E-state index contributed by atoms with van der Waals surface area (Å²) in [5.41, 5.74) is 6.76. The number of furan rings is 1. The van der Waals surface area contributed by atoms with Gasteiger partial charge in [-0.2, -0.15) is 0 Å². The van der Waals surface area contributed by atoms with Crippen molar-refractivity contribution in [1.82, 2.24) is 19.9 Å². The van der Waals surface area contributed by atoms with Gasteiger partial charge in [0.2, 0.25) is 0 Å². The molecule has 0 aliphatic rings. The molecule has 3 heterocycles. The summed E-state index contributed by atoms with van der Waals surface area (Å²) in [7, 11) is -4.21. The first-order chi connectivity index (χ1) is 11.2. The number of nitrogens with one attached hydrogen (secondary N) is 1. The second kappa shape index (κ2) is 5.70. The Bertz CT molecular complexity index is 927. The van der Waals surface area contributed by atoms with Crippen LogP contribution in [0.2, 0.25) is 0 Å². The lowest BCUT2D eigenvalue weighted by Crippen LogP contribution is -2.18. The van der Waals surface area contributed by atoms with Crippen LogP contribution in [0, 0.1) is 5.41 Å². The third-order valence-electron chi connectivity index (χ3n) is 3.19. The van der Waals surface area contributed by atoms with E-state index in [2.05, 4.69) is 19.9 Å². The molecule has 0 aliphatic carbocycles. The standard InChI is InChI=1S/C14H18N5O4P/c1-14(2,3)5-23-24(20,21)12-8(15)4-22-11(12)9-10-13(18-6-16-9)19-7-17-10/h4,6-7H,5,15H2,1-3H3,(H,20,21)(H,16,17,18,19). The van der Waals surface area contributed by atoms with Crippen LogP contribution in [0.3, 0.4) is 0 Å². The minimum Gasteiger partial charge on any atom is -0.459 e. The van der Waals surface area contributed by atoms with Crippen LogP contribution in [0.1, 0.15) is 20.8 Å². The molecule has 24 heavy (non-hydrogen) atoms. The number of anilines is 1. The Morgan fingerprint density at radius 2 is 2.12 bits per heavy atom. The zero-order valence-corrected chi connectivity index (χ0v) is 14.4. The lowest BCUT2D eigenvalue weighted by molar-refractivity contribution is 0.180. The van der Waals surface area contributed by atoms with E-state index in [1.165, 1.54) is 18.9 Å². The number of hydrogen-bond donors (Lipinski definition) is 3. The summed E-state index contributed by atoms with van der Waals surface area (Å²) in [4.78, 5) is 25.5. The van der Waals surface area contributed by atoms with Crippen LogP contribution in [0.5, 0.6) is 0 Å². The maximum atomic E-state index is 12.7. The molecule has 128 valence electrons. The average molecular weight is 351 g/mol. The van der Waals surface area contributed by atoms with Crippen LogP contribution in [0.4, 0.5) is 5.69 Å². The minimum absolute atomic E-state index is 0.0241. The Hall–Kier alpha value is -2.22. The molecule has 4 N–H and O–H groups in total. The zero-order chi connectivity index (χ0) is 17.5. The van der Waals surface area contributed by atoms with Crippen molar-refractivity contribution in [3.8, 4) is 11.5 Å². The molecule has 0 spiro atoms. The molecule has 10 heteroatoms. The van der Waals surface area contributed by atoms with E-state index in [-0.39, 0.29) is 34.5 Å². The number of aromatic amines is 1. The summed E-state index contributed by atoms with van der Waals surface area (Å²) in [6, 6.07) is 0. The number of nitrogen functional groups attached to an aromatic ring is 1. The SMILES string of the molecule is CC(C)(C)COP(=O)(O)c1c(N)coc1-c1ncnc2nc[nH]c12.